The highest BCUT2D eigenvalue weighted by Gasteiger charge is 2.23. The van der Waals surface area contributed by atoms with Gasteiger partial charge in [0.2, 0.25) is 15.9 Å². The predicted octanol–water partition coefficient (Wildman–Crippen LogP) is 3.22. The molecule has 1 atom stereocenters. The molecule has 0 spiro atoms. The number of rotatable bonds is 7. The first kappa shape index (κ1) is 22.9. The Morgan fingerprint density at radius 1 is 1.37 bits per heavy atom. The molecule has 0 aliphatic carbocycles. The number of halogens is 1. The summed E-state index contributed by atoms with van der Waals surface area (Å²) in [5.74, 6) is 0.303. The summed E-state index contributed by atoms with van der Waals surface area (Å²) < 4.78 is 27.9. The minimum atomic E-state index is -3.79. The van der Waals surface area contributed by atoms with E-state index in [1.807, 2.05) is 18.7 Å². The van der Waals surface area contributed by atoms with Gasteiger partial charge in [-0.3, -0.25) is 4.79 Å². The molecule has 2 aromatic rings. The SMILES string of the molecule is CC(=O)N1CCC[C@@H](Nc2ccc(S(=O)(=O)NCc3nnc(C(C)C)s3)c(Cl)c2)C1. The van der Waals surface area contributed by atoms with Crippen LogP contribution in [0.2, 0.25) is 5.02 Å². The minimum absolute atomic E-state index is 0.0114. The minimum Gasteiger partial charge on any atom is -0.380 e. The van der Waals surface area contributed by atoms with Crippen molar-refractivity contribution in [3.63, 3.8) is 0 Å². The van der Waals surface area contributed by atoms with E-state index < -0.39 is 10.0 Å². The van der Waals surface area contributed by atoms with E-state index >= 15 is 0 Å². The average Bonchev–Trinajstić information content (AvgIpc) is 3.16. The molecule has 1 aliphatic heterocycles. The van der Waals surface area contributed by atoms with Crippen molar-refractivity contribution in [3.8, 4) is 0 Å². The van der Waals surface area contributed by atoms with Gasteiger partial charge in [0.1, 0.15) is 14.9 Å². The van der Waals surface area contributed by atoms with Crippen LogP contribution in [0.15, 0.2) is 23.1 Å². The van der Waals surface area contributed by atoms with Crippen LogP contribution in [-0.2, 0) is 21.4 Å². The summed E-state index contributed by atoms with van der Waals surface area (Å²) in [6, 6.07) is 4.88. The van der Waals surface area contributed by atoms with Crippen LogP contribution in [0.4, 0.5) is 5.69 Å². The van der Waals surface area contributed by atoms with Crippen LogP contribution < -0.4 is 10.0 Å². The molecule has 0 bridgehead atoms. The lowest BCUT2D eigenvalue weighted by Gasteiger charge is -2.33. The molecule has 1 aromatic heterocycles. The number of likely N-dealkylation sites (tertiary alicyclic amines) is 1. The van der Waals surface area contributed by atoms with Crippen LogP contribution in [0, 0.1) is 0 Å². The maximum atomic E-state index is 12.7. The van der Waals surface area contributed by atoms with E-state index in [-0.39, 0.29) is 34.3 Å². The van der Waals surface area contributed by atoms with Gasteiger partial charge in [-0.15, -0.1) is 10.2 Å². The number of hydrogen-bond donors (Lipinski definition) is 2. The third-order valence-electron chi connectivity index (χ3n) is 4.85. The Balaban J connectivity index is 1.65. The molecule has 1 amide bonds. The Hall–Kier alpha value is -1.75. The zero-order chi connectivity index (χ0) is 21.9. The quantitative estimate of drug-likeness (QED) is 0.642. The average molecular weight is 472 g/mol. The number of anilines is 1. The maximum absolute atomic E-state index is 12.7. The zero-order valence-electron chi connectivity index (χ0n) is 17.2. The van der Waals surface area contributed by atoms with Gasteiger partial charge in [0.15, 0.2) is 0 Å². The molecule has 1 aliphatic rings. The Bertz CT molecular complexity index is 1010. The second-order valence-electron chi connectivity index (χ2n) is 7.61. The van der Waals surface area contributed by atoms with E-state index in [4.69, 9.17) is 11.6 Å². The smallest absolute Gasteiger partial charge is 0.242 e. The van der Waals surface area contributed by atoms with Gasteiger partial charge in [-0.05, 0) is 31.0 Å². The van der Waals surface area contributed by atoms with E-state index in [0.717, 1.165) is 30.1 Å². The second kappa shape index (κ2) is 9.59. The molecule has 3 rings (SSSR count). The number of benzene rings is 1. The lowest BCUT2D eigenvalue weighted by molar-refractivity contribution is -0.129. The molecule has 30 heavy (non-hydrogen) atoms. The molecule has 1 aromatic carbocycles. The molecule has 2 heterocycles. The van der Waals surface area contributed by atoms with Gasteiger partial charge in [0.25, 0.3) is 0 Å². The molecule has 2 N–H and O–H groups in total. The highest BCUT2D eigenvalue weighted by Crippen LogP contribution is 2.27. The van der Waals surface area contributed by atoms with Gasteiger partial charge < -0.3 is 10.2 Å². The molecule has 1 saturated heterocycles. The van der Waals surface area contributed by atoms with Crippen molar-refractivity contribution in [1.82, 2.24) is 19.8 Å². The predicted molar refractivity (Wildman–Crippen MR) is 118 cm³/mol. The second-order valence-corrected chi connectivity index (χ2v) is 10.8. The largest absolute Gasteiger partial charge is 0.380 e. The van der Waals surface area contributed by atoms with Crippen LogP contribution in [0.25, 0.3) is 0 Å². The first-order valence-corrected chi connectivity index (χ1v) is 12.5. The number of carbonyl (C=O) groups excluding carboxylic acids is 1. The molecule has 0 saturated carbocycles. The number of nitrogens with one attached hydrogen (secondary N) is 2. The third kappa shape index (κ3) is 5.69. The summed E-state index contributed by atoms with van der Waals surface area (Å²) in [7, 11) is -3.79. The topological polar surface area (TPSA) is 104 Å². The van der Waals surface area contributed by atoms with Crippen LogP contribution in [-0.4, -0.2) is 48.6 Å². The Labute approximate surface area is 186 Å². The molecule has 164 valence electrons. The van der Waals surface area contributed by atoms with Crippen molar-refractivity contribution >= 4 is 44.6 Å². The van der Waals surface area contributed by atoms with Crippen LogP contribution in [0.3, 0.4) is 0 Å². The standard InChI is InChI=1S/C19H26ClN5O3S2/c1-12(2)19-24-23-18(29-19)10-21-30(27,28)17-7-6-14(9-16(17)20)22-15-5-4-8-25(11-15)13(3)26/h6-7,9,12,15,21-22H,4-5,8,10-11H2,1-3H3/t15-/m1/s1. The van der Waals surface area contributed by atoms with Gasteiger partial charge in [0.05, 0.1) is 11.6 Å². The monoisotopic (exact) mass is 471 g/mol. The number of carbonyl (C=O) groups is 1. The van der Waals surface area contributed by atoms with Gasteiger partial charge in [-0.2, -0.15) is 0 Å². The van der Waals surface area contributed by atoms with Gasteiger partial charge >= 0.3 is 0 Å². The molecule has 0 radical (unpaired) electrons. The number of hydrogen-bond acceptors (Lipinski definition) is 7. The fourth-order valence-electron chi connectivity index (χ4n) is 3.23. The summed E-state index contributed by atoms with van der Waals surface area (Å²) in [6.07, 6.45) is 1.86. The van der Waals surface area contributed by atoms with Gasteiger partial charge in [-0.1, -0.05) is 36.8 Å². The molecule has 8 nitrogen and oxygen atoms in total. The van der Waals surface area contributed by atoms with Crippen LogP contribution in [0.1, 0.15) is 49.5 Å². The van der Waals surface area contributed by atoms with E-state index in [0.29, 0.717) is 11.6 Å². The Kier molecular flexibility index (Phi) is 7.33. The first-order valence-electron chi connectivity index (χ1n) is 9.79. The van der Waals surface area contributed by atoms with Gasteiger partial charge in [-0.25, -0.2) is 13.1 Å². The lowest BCUT2D eigenvalue weighted by Crippen LogP contribution is -2.44. The number of aromatic nitrogens is 2. The summed E-state index contributed by atoms with van der Waals surface area (Å²) >= 11 is 7.67. The fourth-order valence-corrected chi connectivity index (χ4v) is 5.64. The summed E-state index contributed by atoms with van der Waals surface area (Å²) in [5, 5.41) is 13.0. The first-order chi connectivity index (χ1) is 14.2. The number of sulfonamides is 1. The normalized spacial score (nSPS) is 17.4. The highest BCUT2D eigenvalue weighted by molar-refractivity contribution is 7.89. The highest BCUT2D eigenvalue weighted by atomic mass is 35.5. The van der Waals surface area contributed by atoms with Crippen molar-refractivity contribution in [2.75, 3.05) is 18.4 Å². The van der Waals surface area contributed by atoms with Crippen molar-refractivity contribution in [2.45, 2.75) is 57.0 Å². The molecular weight excluding hydrogens is 446 g/mol. The fraction of sp³-hybridized carbons (Fsp3) is 0.526. The molecule has 1 fully saturated rings. The van der Waals surface area contributed by atoms with E-state index in [1.165, 1.54) is 17.4 Å². The van der Waals surface area contributed by atoms with Crippen LogP contribution >= 0.6 is 22.9 Å². The van der Waals surface area contributed by atoms with Crippen molar-refractivity contribution in [2.24, 2.45) is 0 Å². The van der Waals surface area contributed by atoms with Gasteiger partial charge in [0, 0.05) is 37.7 Å². The van der Waals surface area contributed by atoms with Crippen LogP contribution in [0.5, 0.6) is 0 Å². The molecule has 0 unspecified atom stereocenters. The van der Waals surface area contributed by atoms with Crippen molar-refractivity contribution in [1.29, 1.82) is 0 Å². The summed E-state index contributed by atoms with van der Waals surface area (Å²) in [6.45, 7) is 7.03. The molecular formula is C19H26ClN5O3S2. The zero-order valence-corrected chi connectivity index (χ0v) is 19.6. The van der Waals surface area contributed by atoms with E-state index in [2.05, 4.69) is 20.2 Å². The summed E-state index contributed by atoms with van der Waals surface area (Å²) in [4.78, 5) is 13.4. The third-order valence-corrected chi connectivity index (χ3v) is 7.96. The molecule has 11 heteroatoms. The number of piperidine rings is 1. The number of amides is 1. The number of nitrogens with zero attached hydrogens (tertiary/aromatic N) is 3. The van der Waals surface area contributed by atoms with Crippen molar-refractivity contribution < 1.29 is 13.2 Å². The van der Waals surface area contributed by atoms with E-state index in [1.54, 1.807) is 19.1 Å². The Morgan fingerprint density at radius 2 is 2.13 bits per heavy atom. The summed E-state index contributed by atoms with van der Waals surface area (Å²) in [5.41, 5.74) is 0.722. The van der Waals surface area contributed by atoms with E-state index in [9.17, 15) is 13.2 Å². The Morgan fingerprint density at radius 3 is 2.77 bits per heavy atom. The maximum Gasteiger partial charge on any atom is 0.242 e. The van der Waals surface area contributed by atoms with Crippen molar-refractivity contribution in [3.05, 3.63) is 33.2 Å². The lowest BCUT2D eigenvalue weighted by atomic mass is 10.1.